The van der Waals surface area contributed by atoms with Crippen LogP contribution in [0.4, 0.5) is 0 Å². The molecule has 0 bridgehead atoms. The number of hydrogen-bond acceptors (Lipinski definition) is 5. The van der Waals surface area contributed by atoms with Gasteiger partial charge >= 0.3 is 0 Å². The zero-order valence-electron chi connectivity index (χ0n) is 10.6. The maximum Gasteiger partial charge on any atom is 0.148 e. The number of aliphatic hydroxyl groups excluding tert-OH is 1. The molecule has 2 unspecified atom stereocenters. The third-order valence-corrected chi connectivity index (χ3v) is 5.74. The molecule has 0 spiro atoms. The van der Waals surface area contributed by atoms with Crippen molar-refractivity contribution in [1.29, 1.82) is 0 Å². The summed E-state index contributed by atoms with van der Waals surface area (Å²) in [6.07, 6.45) is 4.25. The molecule has 1 rings (SSSR count). The molecule has 1 aliphatic rings. The van der Waals surface area contributed by atoms with Gasteiger partial charge in [0.25, 0.3) is 0 Å². The van der Waals surface area contributed by atoms with Crippen molar-refractivity contribution in [2.45, 2.75) is 37.0 Å². The SMILES string of the molecule is CCNC1(CO)CCC(SCCS(C)(=O)=O)C1. The zero-order chi connectivity index (χ0) is 12.9. The first-order chi connectivity index (χ1) is 7.91. The van der Waals surface area contributed by atoms with Crippen LogP contribution in [0.15, 0.2) is 0 Å². The molecule has 0 aromatic rings. The van der Waals surface area contributed by atoms with Crippen LogP contribution in [0.25, 0.3) is 0 Å². The monoisotopic (exact) mass is 281 g/mol. The van der Waals surface area contributed by atoms with E-state index in [0.29, 0.717) is 11.0 Å². The molecule has 0 radical (unpaired) electrons. The first-order valence-electron chi connectivity index (χ1n) is 6.06. The molecule has 0 aromatic heterocycles. The highest BCUT2D eigenvalue weighted by Crippen LogP contribution is 2.36. The molecule has 2 N–H and O–H groups in total. The summed E-state index contributed by atoms with van der Waals surface area (Å²) in [5.41, 5.74) is -0.127. The highest BCUT2D eigenvalue weighted by Gasteiger charge is 2.37. The summed E-state index contributed by atoms with van der Waals surface area (Å²) >= 11 is 1.72. The van der Waals surface area contributed by atoms with Gasteiger partial charge in [-0.25, -0.2) is 8.42 Å². The summed E-state index contributed by atoms with van der Waals surface area (Å²) in [5.74, 6) is 0.915. The van der Waals surface area contributed by atoms with E-state index in [0.717, 1.165) is 25.8 Å². The smallest absolute Gasteiger partial charge is 0.148 e. The molecular formula is C11H23NO3S2. The lowest BCUT2D eigenvalue weighted by Crippen LogP contribution is -2.46. The van der Waals surface area contributed by atoms with E-state index in [1.807, 2.05) is 6.92 Å². The van der Waals surface area contributed by atoms with Crippen molar-refractivity contribution in [3.8, 4) is 0 Å². The first kappa shape index (κ1) is 15.3. The summed E-state index contributed by atoms with van der Waals surface area (Å²) in [7, 11) is -2.85. The van der Waals surface area contributed by atoms with Crippen LogP contribution in [0, 0.1) is 0 Å². The molecular weight excluding hydrogens is 258 g/mol. The second kappa shape index (κ2) is 6.41. The van der Waals surface area contributed by atoms with Crippen LogP contribution in [0.1, 0.15) is 26.2 Å². The lowest BCUT2D eigenvalue weighted by Gasteiger charge is -2.28. The van der Waals surface area contributed by atoms with Gasteiger partial charge in [-0.3, -0.25) is 0 Å². The molecule has 0 aromatic carbocycles. The minimum Gasteiger partial charge on any atom is -0.394 e. The second-order valence-electron chi connectivity index (χ2n) is 4.83. The number of nitrogens with one attached hydrogen (secondary N) is 1. The molecule has 0 amide bonds. The van der Waals surface area contributed by atoms with Gasteiger partial charge in [0.2, 0.25) is 0 Å². The zero-order valence-corrected chi connectivity index (χ0v) is 12.2. The van der Waals surface area contributed by atoms with Crippen LogP contribution in [0.3, 0.4) is 0 Å². The number of likely N-dealkylation sites (N-methyl/N-ethyl adjacent to an activating group) is 1. The number of rotatable bonds is 7. The fourth-order valence-electron chi connectivity index (χ4n) is 2.32. The summed E-state index contributed by atoms with van der Waals surface area (Å²) in [6.45, 7) is 3.08. The molecule has 102 valence electrons. The third kappa shape index (κ3) is 5.16. The Hall–Kier alpha value is 0.220. The van der Waals surface area contributed by atoms with Crippen molar-refractivity contribution in [1.82, 2.24) is 5.32 Å². The summed E-state index contributed by atoms with van der Waals surface area (Å²) < 4.78 is 22.1. The largest absolute Gasteiger partial charge is 0.394 e. The molecule has 4 nitrogen and oxygen atoms in total. The summed E-state index contributed by atoms with van der Waals surface area (Å²) in [6, 6.07) is 0. The van der Waals surface area contributed by atoms with Gasteiger partial charge in [0.1, 0.15) is 9.84 Å². The molecule has 1 fully saturated rings. The van der Waals surface area contributed by atoms with Crippen LogP contribution < -0.4 is 5.32 Å². The highest BCUT2D eigenvalue weighted by molar-refractivity contribution is 8.01. The Morgan fingerprint density at radius 3 is 2.76 bits per heavy atom. The standard InChI is InChI=1S/C11H23NO3S2/c1-3-12-11(9-13)5-4-10(8-11)16-6-7-17(2,14)15/h10,12-13H,3-9H2,1-2H3. The van der Waals surface area contributed by atoms with E-state index in [-0.39, 0.29) is 17.9 Å². The van der Waals surface area contributed by atoms with E-state index < -0.39 is 9.84 Å². The Morgan fingerprint density at radius 1 is 1.53 bits per heavy atom. The van der Waals surface area contributed by atoms with E-state index in [1.165, 1.54) is 6.26 Å². The van der Waals surface area contributed by atoms with Crippen molar-refractivity contribution in [3.05, 3.63) is 0 Å². The highest BCUT2D eigenvalue weighted by atomic mass is 32.2. The molecule has 2 atom stereocenters. The van der Waals surface area contributed by atoms with Crippen molar-refractivity contribution in [2.24, 2.45) is 0 Å². The lowest BCUT2D eigenvalue weighted by atomic mass is 9.99. The van der Waals surface area contributed by atoms with Crippen LogP contribution in [-0.2, 0) is 9.84 Å². The second-order valence-corrected chi connectivity index (χ2v) is 8.50. The molecule has 0 aliphatic heterocycles. The average molecular weight is 281 g/mol. The Balaban J connectivity index is 2.34. The van der Waals surface area contributed by atoms with Gasteiger partial charge < -0.3 is 10.4 Å². The Kier molecular flexibility index (Phi) is 5.76. The lowest BCUT2D eigenvalue weighted by molar-refractivity contribution is 0.167. The van der Waals surface area contributed by atoms with Gasteiger partial charge in [-0.15, -0.1) is 0 Å². The van der Waals surface area contributed by atoms with E-state index in [1.54, 1.807) is 11.8 Å². The minimum absolute atomic E-state index is 0.127. The van der Waals surface area contributed by atoms with E-state index in [2.05, 4.69) is 5.32 Å². The van der Waals surface area contributed by atoms with Gasteiger partial charge in [-0.2, -0.15) is 11.8 Å². The van der Waals surface area contributed by atoms with Crippen molar-refractivity contribution < 1.29 is 13.5 Å². The van der Waals surface area contributed by atoms with Crippen LogP contribution in [0.5, 0.6) is 0 Å². The number of aliphatic hydroxyl groups is 1. The number of hydrogen-bond donors (Lipinski definition) is 2. The molecule has 1 aliphatic carbocycles. The first-order valence-corrected chi connectivity index (χ1v) is 9.17. The summed E-state index contributed by atoms with van der Waals surface area (Å²) in [5, 5.41) is 13.3. The number of sulfone groups is 1. The van der Waals surface area contributed by atoms with Gasteiger partial charge in [-0.1, -0.05) is 6.92 Å². The van der Waals surface area contributed by atoms with E-state index in [9.17, 15) is 13.5 Å². The molecule has 1 saturated carbocycles. The quantitative estimate of drug-likeness (QED) is 0.717. The van der Waals surface area contributed by atoms with E-state index >= 15 is 0 Å². The van der Waals surface area contributed by atoms with Gasteiger partial charge in [0.05, 0.1) is 12.4 Å². The minimum atomic E-state index is -2.85. The Labute approximate surface area is 108 Å². The predicted molar refractivity (Wildman–Crippen MR) is 73.3 cm³/mol. The van der Waals surface area contributed by atoms with Gasteiger partial charge in [0, 0.05) is 22.8 Å². The Bertz CT molecular complexity index is 332. The maximum atomic E-state index is 11.0. The fourth-order valence-corrected chi connectivity index (χ4v) is 4.97. The van der Waals surface area contributed by atoms with Gasteiger partial charge in [0.15, 0.2) is 0 Å². The Morgan fingerprint density at radius 2 is 2.24 bits per heavy atom. The average Bonchev–Trinajstić information content (AvgIpc) is 2.61. The van der Waals surface area contributed by atoms with Crippen molar-refractivity contribution >= 4 is 21.6 Å². The molecule has 0 heterocycles. The summed E-state index contributed by atoms with van der Waals surface area (Å²) in [4.78, 5) is 0. The third-order valence-electron chi connectivity index (χ3n) is 3.23. The normalized spacial score (nSPS) is 29.7. The van der Waals surface area contributed by atoms with E-state index in [4.69, 9.17) is 0 Å². The number of thioether (sulfide) groups is 1. The molecule has 6 heteroatoms. The fraction of sp³-hybridized carbons (Fsp3) is 1.00. The van der Waals surface area contributed by atoms with Crippen LogP contribution in [-0.4, -0.2) is 55.2 Å². The van der Waals surface area contributed by atoms with Crippen LogP contribution >= 0.6 is 11.8 Å². The molecule has 0 saturated heterocycles. The van der Waals surface area contributed by atoms with Crippen molar-refractivity contribution in [2.75, 3.05) is 30.9 Å². The molecule has 17 heavy (non-hydrogen) atoms. The van der Waals surface area contributed by atoms with Gasteiger partial charge in [-0.05, 0) is 25.8 Å². The topological polar surface area (TPSA) is 66.4 Å². The predicted octanol–water partition coefficient (Wildman–Crippen LogP) is 0.657. The van der Waals surface area contributed by atoms with Crippen molar-refractivity contribution in [3.63, 3.8) is 0 Å². The van der Waals surface area contributed by atoms with Crippen LogP contribution in [0.2, 0.25) is 0 Å². The maximum absolute atomic E-state index is 11.0.